The maximum absolute atomic E-state index is 11.5. The van der Waals surface area contributed by atoms with E-state index in [0.717, 1.165) is 10.8 Å². The minimum Gasteiger partial charge on any atom is -0.382 e. The molecule has 0 spiro atoms. The van der Waals surface area contributed by atoms with Crippen LogP contribution in [0.15, 0.2) is 4.34 Å². The summed E-state index contributed by atoms with van der Waals surface area (Å²) >= 11 is 2.90. The Bertz CT molecular complexity index is 309. The maximum atomic E-state index is 11.5. The zero-order chi connectivity index (χ0) is 9.84. The summed E-state index contributed by atoms with van der Waals surface area (Å²) in [6, 6.07) is 0. The smallest absolute Gasteiger partial charge is 0.176 e. The van der Waals surface area contributed by atoms with Gasteiger partial charge in [0.15, 0.2) is 10.1 Å². The van der Waals surface area contributed by atoms with Crippen LogP contribution in [-0.2, 0) is 0 Å². The van der Waals surface area contributed by atoms with Gasteiger partial charge in [-0.15, -0.1) is 11.3 Å². The Labute approximate surface area is 85.7 Å². The van der Waals surface area contributed by atoms with E-state index in [0.29, 0.717) is 17.1 Å². The SMILES string of the molecule is CCCC(=O)c1sc(SC)nc1N. The molecule has 0 fully saturated rings. The first-order valence-electron chi connectivity index (χ1n) is 4.02. The Morgan fingerprint density at radius 2 is 2.38 bits per heavy atom. The summed E-state index contributed by atoms with van der Waals surface area (Å²) < 4.78 is 0.858. The number of Topliss-reactive ketones (excluding diaryl/α,β-unsaturated/α-hetero) is 1. The van der Waals surface area contributed by atoms with E-state index in [1.807, 2.05) is 13.2 Å². The normalized spacial score (nSPS) is 10.3. The van der Waals surface area contributed by atoms with Crippen LogP contribution in [0.25, 0.3) is 0 Å². The van der Waals surface area contributed by atoms with Crippen molar-refractivity contribution in [1.29, 1.82) is 0 Å². The van der Waals surface area contributed by atoms with Crippen LogP contribution >= 0.6 is 23.1 Å². The molecule has 3 nitrogen and oxygen atoms in total. The highest BCUT2D eigenvalue weighted by molar-refractivity contribution is 8.00. The lowest BCUT2D eigenvalue weighted by molar-refractivity contribution is 0.0986. The molecule has 0 aliphatic rings. The lowest BCUT2D eigenvalue weighted by Gasteiger charge is -1.93. The van der Waals surface area contributed by atoms with E-state index in [2.05, 4.69) is 4.98 Å². The molecule has 0 bridgehead atoms. The van der Waals surface area contributed by atoms with Crippen molar-refractivity contribution in [3.8, 4) is 0 Å². The van der Waals surface area contributed by atoms with Crippen molar-refractivity contribution in [3.05, 3.63) is 4.88 Å². The zero-order valence-electron chi connectivity index (χ0n) is 7.66. The molecule has 5 heteroatoms. The third-order valence-corrected chi connectivity index (χ3v) is 3.64. The fourth-order valence-corrected chi connectivity index (χ4v) is 2.40. The molecular weight excluding hydrogens is 204 g/mol. The van der Waals surface area contributed by atoms with E-state index in [-0.39, 0.29) is 5.78 Å². The number of hydrogen-bond donors (Lipinski definition) is 1. The maximum Gasteiger partial charge on any atom is 0.176 e. The minimum absolute atomic E-state index is 0.109. The number of ketones is 1. The van der Waals surface area contributed by atoms with Crippen molar-refractivity contribution in [2.45, 2.75) is 24.1 Å². The minimum atomic E-state index is 0.109. The molecule has 0 saturated heterocycles. The molecule has 2 N–H and O–H groups in total. The van der Waals surface area contributed by atoms with Crippen LogP contribution in [0.2, 0.25) is 0 Å². The van der Waals surface area contributed by atoms with E-state index < -0.39 is 0 Å². The standard InChI is InChI=1S/C8H12N2OS2/c1-3-4-5(11)6-7(9)10-8(12-2)13-6/h3-4,9H2,1-2H3. The number of hydrogen-bond acceptors (Lipinski definition) is 5. The van der Waals surface area contributed by atoms with Crippen molar-refractivity contribution < 1.29 is 4.79 Å². The number of nitrogen functional groups attached to an aromatic ring is 1. The molecule has 1 aromatic heterocycles. The Kier molecular flexibility index (Phi) is 3.74. The van der Waals surface area contributed by atoms with Crippen LogP contribution in [0, 0.1) is 0 Å². The second-order valence-electron chi connectivity index (χ2n) is 2.57. The van der Waals surface area contributed by atoms with Crippen molar-refractivity contribution in [2.24, 2.45) is 0 Å². The number of nitrogens with zero attached hydrogens (tertiary/aromatic N) is 1. The van der Waals surface area contributed by atoms with Gasteiger partial charge < -0.3 is 5.73 Å². The second kappa shape index (κ2) is 4.62. The van der Waals surface area contributed by atoms with Gasteiger partial charge in [-0.1, -0.05) is 18.7 Å². The fourth-order valence-electron chi connectivity index (χ4n) is 0.939. The van der Waals surface area contributed by atoms with E-state index in [4.69, 9.17) is 5.73 Å². The molecular formula is C8H12N2OS2. The summed E-state index contributed by atoms with van der Waals surface area (Å²) in [5.74, 6) is 0.491. The van der Waals surface area contributed by atoms with Crippen LogP contribution in [0.5, 0.6) is 0 Å². The van der Waals surface area contributed by atoms with Gasteiger partial charge in [0.25, 0.3) is 0 Å². The molecule has 13 heavy (non-hydrogen) atoms. The van der Waals surface area contributed by atoms with E-state index in [1.165, 1.54) is 23.1 Å². The number of thioether (sulfide) groups is 1. The predicted octanol–water partition coefficient (Wildman–Crippen LogP) is 2.43. The summed E-state index contributed by atoms with van der Waals surface area (Å²) in [5.41, 5.74) is 5.61. The van der Waals surface area contributed by atoms with Crippen LogP contribution in [-0.4, -0.2) is 17.0 Å². The quantitative estimate of drug-likeness (QED) is 0.620. The van der Waals surface area contributed by atoms with Gasteiger partial charge in [-0.05, 0) is 12.7 Å². The summed E-state index contributed by atoms with van der Waals surface area (Å²) in [4.78, 5) is 16.2. The number of carbonyl (C=O) groups excluding carboxylic acids is 1. The highest BCUT2D eigenvalue weighted by Crippen LogP contribution is 2.28. The summed E-state index contributed by atoms with van der Waals surface area (Å²) in [7, 11) is 0. The molecule has 72 valence electrons. The van der Waals surface area contributed by atoms with Crippen molar-refractivity contribution in [3.63, 3.8) is 0 Å². The largest absolute Gasteiger partial charge is 0.382 e. The molecule has 0 saturated carbocycles. The number of nitrogens with two attached hydrogens (primary N) is 1. The van der Waals surface area contributed by atoms with Gasteiger partial charge in [-0.25, -0.2) is 4.98 Å². The highest BCUT2D eigenvalue weighted by atomic mass is 32.2. The van der Waals surface area contributed by atoms with Gasteiger partial charge in [0.05, 0.1) is 0 Å². The lowest BCUT2D eigenvalue weighted by Crippen LogP contribution is -1.99. The van der Waals surface area contributed by atoms with Crippen LogP contribution in [0.1, 0.15) is 29.4 Å². The molecule has 0 amide bonds. The van der Waals surface area contributed by atoms with Gasteiger partial charge in [-0.3, -0.25) is 4.79 Å². The zero-order valence-corrected chi connectivity index (χ0v) is 9.30. The Balaban J connectivity index is 2.87. The molecule has 1 aromatic rings. The number of carbonyl (C=O) groups is 1. The van der Waals surface area contributed by atoms with Gasteiger partial charge in [0.2, 0.25) is 0 Å². The average Bonchev–Trinajstić information content (AvgIpc) is 2.47. The number of anilines is 1. The van der Waals surface area contributed by atoms with E-state index >= 15 is 0 Å². The van der Waals surface area contributed by atoms with Crippen LogP contribution < -0.4 is 5.73 Å². The lowest BCUT2D eigenvalue weighted by atomic mass is 10.2. The van der Waals surface area contributed by atoms with Crippen molar-refractivity contribution in [2.75, 3.05) is 12.0 Å². The molecule has 1 rings (SSSR count). The van der Waals surface area contributed by atoms with E-state index in [1.54, 1.807) is 0 Å². The topological polar surface area (TPSA) is 56.0 Å². The first kappa shape index (κ1) is 10.5. The average molecular weight is 216 g/mol. The number of aromatic nitrogens is 1. The summed E-state index contributed by atoms with van der Waals surface area (Å²) in [6.45, 7) is 1.98. The van der Waals surface area contributed by atoms with Gasteiger partial charge in [0.1, 0.15) is 10.7 Å². The molecule has 0 aromatic carbocycles. The van der Waals surface area contributed by atoms with Gasteiger partial charge >= 0.3 is 0 Å². The Morgan fingerprint density at radius 3 is 2.85 bits per heavy atom. The second-order valence-corrected chi connectivity index (χ2v) is 4.62. The Hall–Kier alpha value is -0.550. The third kappa shape index (κ3) is 2.45. The monoisotopic (exact) mass is 216 g/mol. The number of rotatable bonds is 4. The first-order valence-corrected chi connectivity index (χ1v) is 6.06. The van der Waals surface area contributed by atoms with Crippen molar-refractivity contribution >= 4 is 34.7 Å². The highest BCUT2D eigenvalue weighted by Gasteiger charge is 2.14. The molecule has 0 atom stereocenters. The molecule has 0 radical (unpaired) electrons. The predicted molar refractivity (Wildman–Crippen MR) is 57.5 cm³/mol. The van der Waals surface area contributed by atoms with Gasteiger partial charge in [-0.2, -0.15) is 0 Å². The third-order valence-electron chi connectivity index (χ3n) is 1.54. The number of thiazole rings is 1. The fraction of sp³-hybridized carbons (Fsp3) is 0.500. The summed E-state index contributed by atoms with van der Waals surface area (Å²) in [5, 5.41) is 0. The molecule has 0 aliphatic carbocycles. The first-order chi connectivity index (χ1) is 6.19. The Morgan fingerprint density at radius 1 is 1.69 bits per heavy atom. The van der Waals surface area contributed by atoms with Crippen molar-refractivity contribution in [1.82, 2.24) is 4.98 Å². The molecule has 0 aliphatic heterocycles. The van der Waals surface area contributed by atoms with Crippen LogP contribution in [0.4, 0.5) is 5.82 Å². The van der Waals surface area contributed by atoms with Gasteiger partial charge in [0, 0.05) is 6.42 Å². The van der Waals surface area contributed by atoms with E-state index in [9.17, 15) is 4.79 Å². The van der Waals surface area contributed by atoms with Crippen LogP contribution in [0.3, 0.4) is 0 Å². The molecule has 1 heterocycles. The molecule has 0 unspecified atom stereocenters. The summed E-state index contributed by atoms with van der Waals surface area (Å²) in [6.07, 6.45) is 3.33.